The maximum absolute atomic E-state index is 12.0. The first-order chi connectivity index (χ1) is 11.3. The van der Waals surface area contributed by atoms with Crippen LogP contribution < -0.4 is 0 Å². The fourth-order valence-corrected chi connectivity index (χ4v) is 3.34. The molecular formula is C20H26O4. The first kappa shape index (κ1) is 18.3. The summed E-state index contributed by atoms with van der Waals surface area (Å²) < 4.78 is 0. The van der Waals surface area contributed by atoms with Crippen molar-refractivity contribution in [1.82, 2.24) is 0 Å². The molecule has 0 spiro atoms. The van der Waals surface area contributed by atoms with Crippen LogP contribution in [0, 0.1) is 5.92 Å². The fourth-order valence-electron chi connectivity index (χ4n) is 3.34. The van der Waals surface area contributed by atoms with Crippen LogP contribution in [-0.4, -0.2) is 27.7 Å². The average Bonchev–Trinajstić information content (AvgIpc) is 2.50. The second-order valence-corrected chi connectivity index (χ2v) is 6.68. The Kier molecular flexibility index (Phi) is 5.84. The molecule has 1 aromatic carbocycles. The summed E-state index contributed by atoms with van der Waals surface area (Å²) in [6.07, 6.45) is 4.34. The first-order valence-corrected chi connectivity index (χ1v) is 8.37. The van der Waals surface area contributed by atoms with E-state index in [1.165, 1.54) is 0 Å². The lowest BCUT2D eigenvalue weighted by Crippen LogP contribution is -2.23. The van der Waals surface area contributed by atoms with Crippen molar-refractivity contribution in [2.24, 2.45) is 5.92 Å². The third-order valence-electron chi connectivity index (χ3n) is 4.74. The van der Waals surface area contributed by atoms with Gasteiger partial charge in [-0.15, -0.1) is 0 Å². The van der Waals surface area contributed by atoms with Gasteiger partial charge in [0.2, 0.25) is 0 Å². The molecule has 24 heavy (non-hydrogen) atoms. The Labute approximate surface area is 143 Å². The number of aryl methyl sites for hydroxylation is 1. The molecule has 2 atom stereocenters. The van der Waals surface area contributed by atoms with E-state index in [0.717, 1.165) is 17.6 Å². The van der Waals surface area contributed by atoms with Crippen LogP contribution >= 0.6 is 0 Å². The number of aromatic hydroxyl groups is 2. The Hall–Kier alpha value is -2.07. The first-order valence-electron chi connectivity index (χ1n) is 8.37. The number of allylic oxidation sites excluding steroid dienone is 3. The van der Waals surface area contributed by atoms with Gasteiger partial charge < -0.3 is 15.3 Å². The lowest BCUT2D eigenvalue weighted by atomic mass is 9.73. The number of hydrogen-bond donors (Lipinski definition) is 3. The Morgan fingerprint density at radius 3 is 2.42 bits per heavy atom. The van der Waals surface area contributed by atoms with E-state index in [-0.39, 0.29) is 35.7 Å². The van der Waals surface area contributed by atoms with Gasteiger partial charge in [-0.2, -0.15) is 0 Å². The Morgan fingerprint density at radius 2 is 1.88 bits per heavy atom. The number of carbonyl (C=O) groups excluding carboxylic acids is 1. The van der Waals surface area contributed by atoms with Crippen LogP contribution in [0.25, 0.3) is 0 Å². The number of aliphatic hydroxyl groups is 1. The third-order valence-corrected chi connectivity index (χ3v) is 4.74. The van der Waals surface area contributed by atoms with E-state index in [2.05, 4.69) is 6.58 Å². The Balaban J connectivity index is 2.39. The lowest BCUT2D eigenvalue weighted by molar-refractivity contribution is -0.116. The minimum atomic E-state index is -0.258. The summed E-state index contributed by atoms with van der Waals surface area (Å²) in [4.78, 5) is 12.0. The lowest BCUT2D eigenvalue weighted by Gasteiger charge is -2.30. The molecule has 0 saturated carbocycles. The van der Waals surface area contributed by atoms with Crippen molar-refractivity contribution in [2.45, 2.75) is 45.4 Å². The van der Waals surface area contributed by atoms with E-state index in [1.807, 2.05) is 13.0 Å². The molecule has 2 rings (SSSR count). The van der Waals surface area contributed by atoms with Crippen molar-refractivity contribution in [3.8, 4) is 11.5 Å². The number of carbonyl (C=O) groups is 1. The van der Waals surface area contributed by atoms with Crippen molar-refractivity contribution in [2.75, 3.05) is 6.61 Å². The van der Waals surface area contributed by atoms with Crippen LogP contribution in [0.3, 0.4) is 0 Å². The zero-order valence-corrected chi connectivity index (χ0v) is 14.4. The number of Topliss-reactive ketones (excluding diaryl/α,β-unsaturated/α-hetero) is 1. The van der Waals surface area contributed by atoms with Crippen LogP contribution in [-0.2, 0) is 11.2 Å². The van der Waals surface area contributed by atoms with Gasteiger partial charge in [0.05, 0.1) is 0 Å². The second kappa shape index (κ2) is 7.67. The number of phenolic OH excluding ortho intramolecular Hbond substituents is 2. The van der Waals surface area contributed by atoms with E-state index in [4.69, 9.17) is 5.11 Å². The van der Waals surface area contributed by atoms with Gasteiger partial charge in [-0.05, 0) is 62.3 Å². The van der Waals surface area contributed by atoms with Crippen LogP contribution in [0.4, 0.5) is 0 Å². The van der Waals surface area contributed by atoms with Gasteiger partial charge >= 0.3 is 0 Å². The zero-order valence-electron chi connectivity index (χ0n) is 14.4. The minimum absolute atomic E-state index is 0.0450. The molecule has 4 nitrogen and oxygen atoms in total. The minimum Gasteiger partial charge on any atom is -0.507 e. The van der Waals surface area contributed by atoms with E-state index >= 15 is 0 Å². The van der Waals surface area contributed by atoms with E-state index in [9.17, 15) is 15.0 Å². The molecule has 0 heterocycles. The molecule has 1 aromatic rings. The van der Waals surface area contributed by atoms with E-state index in [0.29, 0.717) is 30.4 Å². The maximum atomic E-state index is 12.0. The number of ketones is 1. The average molecular weight is 330 g/mol. The molecule has 3 N–H and O–H groups in total. The molecule has 1 aliphatic rings. The number of hydrogen-bond acceptors (Lipinski definition) is 4. The molecule has 0 aromatic heterocycles. The highest BCUT2D eigenvalue weighted by molar-refractivity contribution is 5.96. The van der Waals surface area contributed by atoms with E-state index < -0.39 is 0 Å². The maximum Gasteiger partial charge on any atom is 0.158 e. The van der Waals surface area contributed by atoms with Gasteiger partial charge in [0.25, 0.3) is 0 Å². The standard InChI is InChI=1S/C20H26O4/c1-12(2)15-11-17(22)13(3)8-16(15)20-18(23)9-14(10-19(20)24)6-4-5-7-21/h8-10,15-16,21,23-24H,1,4-7,11H2,2-3H3/t15-,16?/m0/s1. The SMILES string of the molecule is C=C(C)[C@@H]1CC(=O)C(C)=CC1c1c(O)cc(CCCCO)cc1O. The molecule has 0 aliphatic heterocycles. The van der Waals surface area contributed by atoms with Crippen LogP contribution in [0.5, 0.6) is 11.5 Å². The van der Waals surface area contributed by atoms with Gasteiger partial charge in [-0.3, -0.25) is 4.79 Å². The van der Waals surface area contributed by atoms with Crippen molar-refractivity contribution in [3.63, 3.8) is 0 Å². The summed E-state index contributed by atoms with van der Waals surface area (Å²) in [7, 11) is 0. The van der Waals surface area contributed by atoms with Crippen molar-refractivity contribution in [3.05, 3.63) is 47.1 Å². The molecule has 0 saturated heterocycles. The van der Waals surface area contributed by atoms with Gasteiger partial charge in [0, 0.05) is 24.5 Å². The molecule has 4 heteroatoms. The van der Waals surface area contributed by atoms with Crippen molar-refractivity contribution in [1.29, 1.82) is 0 Å². The number of rotatable bonds is 6. The monoisotopic (exact) mass is 330 g/mol. The number of aliphatic hydroxyl groups excluding tert-OH is 1. The second-order valence-electron chi connectivity index (χ2n) is 6.68. The van der Waals surface area contributed by atoms with Crippen molar-refractivity contribution >= 4 is 5.78 Å². The predicted molar refractivity (Wildman–Crippen MR) is 94.2 cm³/mol. The fraction of sp³-hybridized carbons (Fsp3) is 0.450. The third kappa shape index (κ3) is 3.88. The molecule has 0 amide bonds. The molecule has 1 aliphatic carbocycles. The van der Waals surface area contributed by atoms with E-state index in [1.54, 1.807) is 19.1 Å². The molecular weight excluding hydrogens is 304 g/mol. The smallest absolute Gasteiger partial charge is 0.158 e. The Morgan fingerprint density at radius 1 is 1.25 bits per heavy atom. The molecule has 130 valence electrons. The van der Waals surface area contributed by atoms with Crippen LogP contribution in [0.15, 0.2) is 35.9 Å². The van der Waals surface area contributed by atoms with Gasteiger partial charge in [-0.1, -0.05) is 18.2 Å². The summed E-state index contributed by atoms with van der Waals surface area (Å²) in [6, 6.07) is 3.34. The summed E-state index contributed by atoms with van der Waals surface area (Å²) in [6.45, 7) is 7.74. The topological polar surface area (TPSA) is 77.8 Å². The van der Waals surface area contributed by atoms with Crippen LogP contribution in [0.1, 0.15) is 50.2 Å². The number of phenols is 2. The summed E-state index contributed by atoms with van der Waals surface area (Å²) in [5.74, 6) is -0.212. The Bertz CT molecular complexity index is 649. The number of benzene rings is 1. The summed E-state index contributed by atoms with van der Waals surface area (Å²) >= 11 is 0. The highest BCUT2D eigenvalue weighted by Gasteiger charge is 2.33. The molecule has 1 unspecified atom stereocenters. The summed E-state index contributed by atoms with van der Waals surface area (Å²) in [5.41, 5.74) is 2.81. The highest BCUT2D eigenvalue weighted by atomic mass is 16.3. The zero-order chi connectivity index (χ0) is 17.9. The predicted octanol–water partition coefficient (Wildman–Crippen LogP) is 3.61. The molecule has 0 bridgehead atoms. The molecule has 0 radical (unpaired) electrons. The quantitative estimate of drug-likeness (QED) is 0.550. The summed E-state index contributed by atoms with van der Waals surface area (Å²) in [5, 5.41) is 29.8. The van der Waals surface area contributed by atoms with Gasteiger partial charge in [0.1, 0.15) is 11.5 Å². The highest BCUT2D eigenvalue weighted by Crippen LogP contribution is 2.45. The normalized spacial score (nSPS) is 20.8. The van der Waals surface area contributed by atoms with Crippen LogP contribution in [0.2, 0.25) is 0 Å². The largest absolute Gasteiger partial charge is 0.507 e. The van der Waals surface area contributed by atoms with Crippen molar-refractivity contribution < 1.29 is 20.1 Å². The van der Waals surface area contributed by atoms with Gasteiger partial charge in [-0.25, -0.2) is 0 Å². The molecule has 0 fully saturated rings. The number of unbranched alkanes of at least 4 members (excludes halogenated alkanes) is 1. The van der Waals surface area contributed by atoms with Gasteiger partial charge in [0.15, 0.2) is 5.78 Å².